The van der Waals surface area contributed by atoms with Crippen LogP contribution in [-0.2, 0) is 4.74 Å². The van der Waals surface area contributed by atoms with Gasteiger partial charge in [0.15, 0.2) is 5.82 Å². The Labute approximate surface area is 104 Å². The molecule has 0 amide bonds. The van der Waals surface area contributed by atoms with Crippen molar-refractivity contribution in [2.75, 3.05) is 19.0 Å². The molecule has 0 saturated carbocycles. The fourth-order valence-electron chi connectivity index (χ4n) is 2.30. The number of nitrogens with zero attached hydrogens (tertiary/aromatic N) is 2. The average Bonchev–Trinajstić information content (AvgIpc) is 2.98. The second-order valence-electron chi connectivity index (χ2n) is 4.65. The largest absolute Gasteiger partial charge is 0.379 e. The molecule has 0 aromatic carbocycles. The minimum atomic E-state index is -0.0118. The summed E-state index contributed by atoms with van der Waals surface area (Å²) in [6, 6.07) is -0.0118. The van der Waals surface area contributed by atoms with Crippen molar-refractivity contribution in [2.45, 2.75) is 36.5 Å². The molecule has 94 valence electrons. The van der Waals surface area contributed by atoms with Gasteiger partial charge in [0.05, 0.1) is 24.4 Å². The van der Waals surface area contributed by atoms with Gasteiger partial charge in [-0.3, -0.25) is 0 Å². The SMILES string of the molecule is NC1COCC1c1nc(C2CCCCS2)no1. The number of ether oxygens (including phenoxy) is 1. The van der Waals surface area contributed by atoms with Gasteiger partial charge in [-0.15, -0.1) is 0 Å². The standard InChI is InChI=1S/C11H17N3O2S/c12-8-6-15-5-7(8)11-13-10(14-16-11)9-3-1-2-4-17-9/h7-9H,1-6,12H2. The van der Waals surface area contributed by atoms with E-state index < -0.39 is 0 Å². The molecule has 2 aliphatic rings. The van der Waals surface area contributed by atoms with Crippen molar-refractivity contribution in [3.8, 4) is 0 Å². The Kier molecular flexibility index (Phi) is 3.35. The first kappa shape index (κ1) is 11.5. The molecule has 2 N–H and O–H groups in total. The van der Waals surface area contributed by atoms with Crippen LogP contribution in [0.15, 0.2) is 4.52 Å². The van der Waals surface area contributed by atoms with Gasteiger partial charge in [0, 0.05) is 6.04 Å². The molecule has 6 heteroatoms. The second kappa shape index (κ2) is 4.96. The summed E-state index contributed by atoms with van der Waals surface area (Å²) in [5.74, 6) is 2.76. The van der Waals surface area contributed by atoms with Gasteiger partial charge in [-0.2, -0.15) is 16.7 Å². The van der Waals surface area contributed by atoms with Gasteiger partial charge in [0.1, 0.15) is 0 Å². The first-order valence-electron chi connectivity index (χ1n) is 6.13. The summed E-state index contributed by atoms with van der Waals surface area (Å²) in [7, 11) is 0. The topological polar surface area (TPSA) is 74.2 Å². The summed E-state index contributed by atoms with van der Waals surface area (Å²) in [5, 5.41) is 4.50. The molecule has 1 aromatic heterocycles. The third kappa shape index (κ3) is 2.34. The van der Waals surface area contributed by atoms with Gasteiger partial charge in [-0.1, -0.05) is 11.6 Å². The van der Waals surface area contributed by atoms with Crippen molar-refractivity contribution < 1.29 is 9.26 Å². The molecule has 0 radical (unpaired) electrons. The monoisotopic (exact) mass is 255 g/mol. The van der Waals surface area contributed by atoms with E-state index in [0.29, 0.717) is 24.4 Å². The van der Waals surface area contributed by atoms with Crippen LogP contribution in [0.4, 0.5) is 0 Å². The van der Waals surface area contributed by atoms with E-state index >= 15 is 0 Å². The summed E-state index contributed by atoms with van der Waals surface area (Å²) in [6.45, 7) is 1.18. The van der Waals surface area contributed by atoms with Gasteiger partial charge in [-0.25, -0.2) is 0 Å². The summed E-state index contributed by atoms with van der Waals surface area (Å²) in [6.07, 6.45) is 3.71. The Morgan fingerprint density at radius 2 is 2.24 bits per heavy atom. The van der Waals surface area contributed by atoms with Crippen LogP contribution in [0.25, 0.3) is 0 Å². The maximum Gasteiger partial charge on any atom is 0.233 e. The predicted molar refractivity (Wildman–Crippen MR) is 64.9 cm³/mol. The highest BCUT2D eigenvalue weighted by Gasteiger charge is 2.32. The van der Waals surface area contributed by atoms with E-state index in [1.807, 2.05) is 11.8 Å². The van der Waals surface area contributed by atoms with Crippen LogP contribution in [0, 0.1) is 0 Å². The molecule has 3 heterocycles. The molecule has 0 spiro atoms. The lowest BCUT2D eigenvalue weighted by molar-refractivity contribution is 0.187. The molecule has 2 saturated heterocycles. The fraction of sp³-hybridized carbons (Fsp3) is 0.818. The van der Waals surface area contributed by atoms with Crippen molar-refractivity contribution in [3.63, 3.8) is 0 Å². The van der Waals surface area contributed by atoms with Crippen LogP contribution >= 0.6 is 11.8 Å². The van der Waals surface area contributed by atoms with E-state index in [1.165, 1.54) is 18.6 Å². The molecule has 2 fully saturated rings. The highest BCUT2D eigenvalue weighted by atomic mass is 32.2. The maximum atomic E-state index is 5.94. The Morgan fingerprint density at radius 1 is 1.29 bits per heavy atom. The molecule has 17 heavy (non-hydrogen) atoms. The molecule has 0 bridgehead atoms. The van der Waals surface area contributed by atoms with Crippen LogP contribution in [0.5, 0.6) is 0 Å². The molecule has 3 unspecified atom stereocenters. The maximum absolute atomic E-state index is 5.94. The van der Waals surface area contributed by atoms with E-state index in [-0.39, 0.29) is 12.0 Å². The van der Waals surface area contributed by atoms with E-state index in [2.05, 4.69) is 10.1 Å². The van der Waals surface area contributed by atoms with Crippen molar-refractivity contribution >= 4 is 11.8 Å². The minimum absolute atomic E-state index is 0.0118. The summed E-state index contributed by atoms with van der Waals surface area (Å²) >= 11 is 1.93. The van der Waals surface area contributed by atoms with Crippen molar-refractivity contribution in [1.82, 2.24) is 10.1 Å². The molecule has 5 nitrogen and oxygen atoms in total. The first-order valence-corrected chi connectivity index (χ1v) is 7.18. The van der Waals surface area contributed by atoms with E-state index in [9.17, 15) is 0 Å². The van der Waals surface area contributed by atoms with Crippen LogP contribution in [0.2, 0.25) is 0 Å². The zero-order valence-corrected chi connectivity index (χ0v) is 10.5. The van der Waals surface area contributed by atoms with Crippen LogP contribution in [0.3, 0.4) is 0 Å². The Hall–Kier alpha value is -0.590. The van der Waals surface area contributed by atoms with Gasteiger partial charge < -0.3 is 15.0 Å². The molecular weight excluding hydrogens is 238 g/mol. The van der Waals surface area contributed by atoms with Gasteiger partial charge in [0.25, 0.3) is 0 Å². The number of rotatable bonds is 2. The van der Waals surface area contributed by atoms with Gasteiger partial charge in [0.2, 0.25) is 5.89 Å². The van der Waals surface area contributed by atoms with Crippen molar-refractivity contribution in [3.05, 3.63) is 11.7 Å². The number of hydrogen-bond acceptors (Lipinski definition) is 6. The van der Waals surface area contributed by atoms with E-state index in [0.717, 1.165) is 12.2 Å². The zero-order chi connectivity index (χ0) is 11.7. The van der Waals surface area contributed by atoms with Crippen LogP contribution in [-0.4, -0.2) is 35.1 Å². The van der Waals surface area contributed by atoms with E-state index in [4.69, 9.17) is 15.0 Å². The van der Waals surface area contributed by atoms with E-state index in [1.54, 1.807) is 0 Å². The van der Waals surface area contributed by atoms with Gasteiger partial charge in [-0.05, 0) is 18.6 Å². The number of aromatic nitrogens is 2. The molecule has 3 rings (SSSR count). The second-order valence-corrected chi connectivity index (χ2v) is 5.96. The zero-order valence-electron chi connectivity index (χ0n) is 9.67. The van der Waals surface area contributed by atoms with Gasteiger partial charge >= 0.3 is 0 Å². The smallest absolute Gasteiger partial charge is 0.233 e. The number of nitrogens with two attached hydrogens (primary N) is 1. The lowest BCUT2D eigenvalue weighted by Crippen LogP contribution is -2.27. The van der Waals surface area contributed by atoms with Crippen LogP contribution in [0.1, 0.15) is 42.1 Å². The summed E-state index contributed by atoms with van der Waals surface area (Å²) in [4.78, 5) is 4.51. The molecule has 1 aromatic rings. The minimum Gasteiger partial charge on any atom is -0.379 e. The third-order valence-corrected chi connectivity index (χ3v) is 4.74. The van der Waals surface area contributed by atoms with Crippen molar-refractivity contribution in [2.24, 2.45) is 5.73 Å². The lowest BCUT2D eigenvalue weighted by atomic mass is 10.1. The normalized spacial score (nSPS) is 34.1. The number of hydrogen-bond donors (Lipinski definition) is 1. The average molecular weight is 255 g/mol. The quantitative estimate of drug-likeness (QED) is 0.862. The highest BCUT2D eigenvalue weighted by molar-refractivity contribution is 7.99. The third-order valence-electron chi connectivity index (χ3n) is 3.37. The summed E-state index contributed by atoms with van der Waals surface area (Å²) in [5.41, 5.74) is 5.94. The Bertz CT molecular complexity index is 379. The Balaban J connectivity index is 1.73. The highest BCUT2D eigenvalue weighted by Crippen LogP contribution is 2.37. The summed E-state index contributed by atoms with van der Waals surface area (Å²) < 4.78 is 10.7. The first-order chi connectivity index (χ1) is 8.34. The molecular formula is C11H17N3O2S. The fourth-order valence-corrected chi connectivity index (χ4v) is 3.53. The predicted octanol–water partition coefficient (Wildman–Crippen LogP) is 1.47. The van der Waals surface area contributed by atoms with Crippen LogP contribution < -0.4 is 5.73 Å². The lowest BCUT2D eigenvalue weighted by Gasteiger charge is -2.17. The van der Waals surface area contributed by atoms with Crippen molar-refractivity contribution in [1.29, 1.82) is 0 Å². The number of thioether (sulfide) groups is 1. The Morgan fingerprint density at radius 3 is 2.94 bits per heavy atom. The molecule has 0 aliphatic carbocycles. The molecule has 2 aliphatic heterocycles. The molecule has 3 atom stereocenters.